The molecule has 0 aliphatic carbocycles. The summed E-state index contributed by atoms with van der Waals surface area (Å²) in [5.41, 5.74) is 0. The van der Waals surface area contributed by atoms with Crippen LogP contribution in [0.3, 0.4) is 0 Å². The van der Waals surface area contributed by atoms with Gasteiger partial charge in [-0.2, -0.15) is 8.42 Å². The van der Waals surface area contributed by atoms with Gasteiger partial charge in [-0.15, -0.1) is 0 Å². The van der Waals surface area contributed by atoms with Gasteiger partial charge in [-0.25, -0.2) is 4.39 Å². The smallest absolute Gasteiger partial charge is 0.362 e. The van der Waals surface area contributed by atoms with Crippen LogP contribution in [0.15, 0.2) is 24.3 Å². The van der Waals surface area contributed by atoms with E-state index in [1.807, 2.05) is 0 Å². The molecule has 0 aliphatic rings. The lowest BCUT2D eigenvalue weighted by Crippen LogP contribution is -2.31. The van der Waals surface area contributed by atoms with E-state index in [1.165, 1.54) is 12.1 Å². The van der Waals surface area contributed by atoms with E-state index >= 15 is 0 Å². The van der Waals surface area contributed by atoms with Crippen molar-refractivity contribution < 1.29 is 20.9 Å². The van der Waals surface area contributed by atoms with Crippen molar-refractivity contribution in [2.24, 2.45) is 0 Å². The molecular formula is C9H13FO4SSi. The molecule has 0 aromatic heterocycles. The fraction of sp³-hybridized carbons (Fsp3) is 0.333. The first kappa shape index (κ1) is 13.1. The van der Waals surface area contributed by atoms with Gasteiger partial charge in [0, 0.05) is 0 Å². The van der Waals surface area contributed by atoms with Crippen LogP contribution in [0.4, 0.5) is 4.39 Å². The standard InChI is InChI=1S/C9H13FO4SSi/c1-16(2,3)14-15(11,12)13-9-6-4-8(10)5-7-9/h4-7H,1-3H3. The zero-order chi connectivity index (χ0) is 12.4. The van der Waals surface area contributed by atoms with E-state index in [2.05, 4.69) is 4.18 Å². The molecule has 0 aliphatic heterocycles. The average molecular weight is 264 g/mol. The third-order valence-electron chi connectivity index (χ3n) is 1.36. The van der Waals surface area contributed by atoms with Crippen molar-refractivity contribution >= 4 is 18.7 Å². The Morgan fingerprint density at radius 3 is 2.06 bits per heavy atom. The molecular weight excluding hydrogens is 251 g/mol. The van der Waals surface area contributed by atoms with Crippen molar-refractivity contribution in [1.29, 1.82) is 0 Å². The molecule has 0 bridgehead atoms. The van der Waals surface area contributed by atoms with Crippen molar-refractivity contribution in [3.63, 3.8) is 0 Å². The van der Waals surface area contributed by atoms with Gasteiger partial charge in [-0.3, -0.25) is 3.87 Å². The molecule has 1 aromatic rings. The Hall–Kier alpha value is -0.923. The van der Waals surface area contributed by atoms with Gasteiger partial charge in [0.15, 0.2) is 0 Å². The van der Waals surface area contributed by atoms with E-state index in [9.17, 15) is 12.8 Å². The fourth-order valence-electron chi connectivity index (χ4n) is 0.931. The van der Waals surface area contributed by atoms with Crippen molar-refractivity contribution in [3.8, 4) is 5.75 Å². The summed E-state index contributed by atoms with van der Waals surface area (Å²) in [6, 6.07) is 4.67. The highest BCUT2D eigenvalue weighted by Gasteiger charge is 2.26. The molecule has 0 saturated carbocycles. The van der Waals surface area contributed by atoms with Crippen molar-refractivity contribution in [2.75, 3.05) is 0 Å². The van der Waals surface area contributed by atoms with Crippen LogP contribution < -0.4 is 4.18 Å². The van der Waals surface area contributed by atoms with Crippen LogP contribution in [0.5, 0.6) is 5.75 Å². The first-order chi connectivity index (χ1) is 7.18. The maximum Gasteiger partial charge on any atom is 0.438 e. The van der Waals surface area contributed by atoms with Gasteiger partial charge in [0.05, 0.1) is 0 Å². The zero-order valence-corrected chi connectivity index (χ0v) is 11.0. The number of rotatable bonds is 4. The third-order valence-corrected chi connectivity index (χ3v) is 4.58. The van der Waals surface area contributed by atoms with E-state index in [4.69, 9.17) is 3.87 Å². The van der Waals surface area contributed by atoms with E-state index < -0.39 is 24.5 Å². The van der Waals surface area contributed by atoms with Crippen LogP contribution in [0.25, 0.3) is 0 Å². The van der Waals surface area contributed by atoms with E-state index in [1.54, 1.807) is 19.6 Å². The number of benzene rings is 1. The molecule has 0 fully saturated rings. The Morgan fingerprint density at radius 2 is 1.62 bits per heavy atom. The molecule has 0 heterocycles. The summed E-state index contributed by atoms with van der Waals surface area (Å²) >= 11 is 0. The molecule has 0 N–H and O–H groups in total. The molecule has 0 saturated heterocycles. The Balaban J connectivity index is 2.77. The highest BCUT2D eigenvalue weighted by Crippen LogP contribution is 2.16. The summed E-state index contributed by atoms with van der Waals surface area (Å²) in [5, 5.41) is 0. The van der Waals surface area contributed by atoms with Gasteiger partial charge < -0.3 is 4.18 Å². The summed E-state index contributed by atoms with van der Waals surface area (Å²) in [6.45, 7) is 5.16. The number of halogens is 1. The zero-order valence-electron chi connectivity index (χ0n) is 9.23. The van der Waals surface area contributed by atoms with E-state index in [0.717, 1.165) is 12.1 Å². The monoisotopic (exact) mass is 264 g/mol. The number of hydrogen-bond donors (Lipinski definition) is 0. The Bertz CT molecular complexity index is 449. The number of hydrogen-bond acceptors (Lipinski definition) is 4. The lowest BCUT2D eigenvalue weighted by molar-refractivity contribution is 0.391. The van der Waals surface area contributed by atoms with Crippen LogP contribution >= 0.6 is 0 Å². The minimum absolute atomic E-state index is 0.0275. The first-order valence-electron chi connectivity index (χ1n) is 4.59. The van der Waals surface area contributed by atoms with Gasteiger partial charge in [-0.1, -0.05) is 0 Å². The quantitative estimate of drug-likeness (QED) is 0.783. The van der Waals surface area contributed by atoms with Crippen LogP contribution in [-0.2, 0) is 14.3 Å². The summed E-state index contributed by atoms with van der Waals surface area (Å²) in [6.07, 6.45) is 0. The third kappa shape index (κ3) is 4.73. The Morgan fingerprint density at radius 1 is 1.12 bits per heavy atom. The fourth-order valence-corrected chi connectivity index (χ4v) is 3.86. The Kier molecular flexibility index (Phi) is 3.71. The van der Waals surface area contributed by atoms with Crippen LogP contribution in [0, 0.1) is 5.82 Å². The molecule has 90 valence electrons. The van der Waals surface area contributed by atoms with Crippen LogP contribution in [-0.4, -0.2) is 16.7 Å². The largest absolute Gasteiger partial charge is 0.438 e. The van der Waals surface area contributed by atoms with E-state index in [-0.39, 0.29) is 5.75 Å². The van der Waals surface area contributed by atoms with E-state index in [0.29, 0.717) is 0 Å². The van der Waals surface area contributed by atoms with Gasteiger partial charge in [0.25, 0.3) is 0 Å². The molecule has 0 spiro atoms. The van der Waals surface area contributed by atoms with Crippen molar-refractivity contribution in [3.05, 3.63) is 30.1 Å². The maximum atomic E-state index is 12.6. The molecule has 16 heavy (non-hydrogen) atoms. The summed E-state index contributed by atoms with van der Waals surface area (Å²) in [5.74, 6) is -0.435. The second-order valence-electron chi connectivity index (χ2n) is 4.14. The summed E-state index contributed by atoms with van der Waals surface area (Å²) < 4.78 is 44.9. The maximum absolute atomic E-state index is 12.6. The topological polar surface area (TPSA) is 52.6 Å². The first-order valence-corrected chi connectivity index (χ1v) is 9.33. The SMILES string of the molecule is C[Si](C)(C)OS(=O)(=O)Oc1ccc(F)cc1. The highest BCUT2D eigenvalue weighted by atomic mass is 32.3. The van der Waals surface area contributed by atoms with Crippen LogP contribution in [0.2, 0.25) is 19.6 Å². The molecule has 4 nitrogen and oxygen atoms in total. The predicted molar refractivity (Wildman–Crippen MR) is 60.4 cm³/mol. The van der Waals surface area contributed by atoms with Gasteiger partial charge in [0.2, 0.25) is 8.32 Å². The molecule has 1 rings (SSSR count). The second kappa shape index (κ2) is 4.52. The Labute approximate surface area is 95.5 Å². The summed E-state index contributed by atoms with van der Waals surface area (Å²) in [4.78, 5) is 0. The minimum Gasteiger partial charge on any atom is -0.362 e. The normalized spacial score (nSPS) is 12.5. The lowest BCUT2D eigenvalue weighted by atomic mass is 10.3. The van der Waals surface area contributed by atoms with Crippen molar-refractivity contribution in [2.45, 2.75) is 19.6 Å². The van der Waals surface area contributed by atoms with Gasteiger partial charge >= 0.3 is 10.4 Å². The van der Waals surface area contributed by atoms with Crippen molar-refractivity contribution in [1.82, 2.24) is 0 Å². The van der Waals surface area contributed by atoms with Gasteiger partial charge in [0.1, 0.15) is 11.6 Å². The molecule has 0 amide bonds. The summed E-state index contributed by atoms with van der Waals surface area (Å²) in [7, 11) is -6.31. The average Bonchev–Trinajstić information content (AvgIpc) is 2.04. The molecule has 1 aromatic carbocycles. The molecule has 0 atom stereocenters. The minimum atomic E-state index is -4.07. The highest BCUT2D eigenvalue weighted by molar-refractivity contribution is 7.83. The van der Waals surface area contributed by atoms with Gasteiger partial charge in [-0.05, 0) is 43.9 Å². The molecule has 0 radical (unpaired) electrons. The lowest BCUT2D eigenvalue weighted by Gasteiger charge is -2.16. The predicted octanol–water partition coefficient (Wildman–Crippen LogP) is 2.30. The molecule has 7 heteroatoms. The molecule has 0 unspecified atom stereocenters. The second-order valence-corrected chi connectivity index (χ2v) is 10.0. The van der Waals surface area contributed by atoms with Crippen LogP contribution in [0.1, 0.15) is 0 Å².